The molecule has 0 radical (unpaired) electrons. The highest BCUT2D eigenvalue weighted by molar-refractivity contribution is 14.1. The molecule has 7 heteroatoms. The van der Waals surface area contributed by atoms with Crippen LogP contribution < -0.4 is 5.73 Å². The standard InChI is InChI=1S/C7H4F3IN2O/c8-5(9)3-2(7(12)14)1-13-6(10)4(3)11/h1,5H,(H2,12,14). The number of hydrogen-bond donors (Lipinski definition) is 1. The highest BCUT2D eigenvalue weighted by Crippen LogP contribution is 2.28. The quantitative estimate of drug-likeness (QED) is 0.669. The predicted octanol–water partition coefficient (Wildman–Crippen LogP) is 1.86. The number of pyridine rings is 1. The minimum absolute atomic E-state index is 0.381. The molecule has 0 atom stereocenters. The molecule has 0 saturated carbocycles. The van der Waals surface area contributed by atoms with Crippen LogP contribution in [0.1, 0.15) is 22.3 Å². The Morgan fingerprint density at radius 2 is 2.14 bits per heavy atom. The van der Waals surface area contributed by atoms with Crippen molar-refractivity contribution in [3.63, 3.8) is 0 Å². The zero-order valence-electron chi connectivity index (χ0n) is 6.60. The third-order valence-corrected chi connectivity index (χ3v) is 2.52. The average Bonchev–Trinajstić information content (AvgIpc) is 2.08. The second-order valence-electron chi connectivity index (χ2n) is 2.36. The van der Waals surface area contributed by atoms with Gasteiger partial charge in [0.25, 0.3) is 12.3 Å². The summed E-state index contributed by atoms with van der Waals surface area (Å²) < 4.78 is 37.2. The maximum absolute atomic E-state index is 12.8. The highest BCUT2D eigenvalue weighted by Gasteiger charge is 2.23. The smallest absolute Gasteiger partial charge is 0.265 e. The summed E-state index contributed by atoms with van der Waals surface area (Å²) in [5, 5.41) is 0. The van der Waals surface area contributed by atoms with Crippen LogP contribution in [-0.4, -0.2) is 10.9 Å². The summed E-state index contributed by atoms with van der Waals surface area (Å²) in [5.74, 6) is -2.09. The maximum Gasteiger partial charge on any atom is 0.265 e. The lowest BCUT2D eigenvalue weighted by molar-refractivity contribution is 0.0984. The van der Waals surface area contributed by atoms with Gasteiger partial charge in [0.1, 0.15) is 0 Å². The lowest BCUT2D eigenvalue weighted by Crippen LogP contribution is -2.16. The van der Waals surface area contributed by atoms with Gasteiger partial charge in [0.2, 0.25) is 5.95 Å². The summed E-state index contributed by atoms with van der Waals surface area (Å²) in [7, 11) is 0. The first kappa shape index (κ1) is 11.2. The summed E-state index contributed by atoms with van der Waals surface area (Å²) in [5.41, 5.74) is 3.68. The van der Waals surface area contributed by atoms with Crippen LogP contribution in [0.2, 0.25) is 0 Å². The summed E-state index contributed by atoms with van der Waals surface area (Å²) in [6.45, 7) is 0. The van der Waals surface area contributed by atoms with Gasteiger partial charge in [0, 0.05) is 11.8 Å². The first-order chi connectivity index (χ1) is 6.45. The zero-order valence-corrected chi connectivity index (χ0v) is 8.76. The van der Waals surface area contributed by atoms with Gasteiger partial charge in [-0.1, -0.05) is 0 Å². The van der Waals surface area contributed by atoms with Crippen molar-refractivity contribution in [3.05, 3.63) is 26.8 Å². The molecule has 14 heavy (non-hydrogen) atoms. The summed E-state index contributed by atoms with van der Waals surface area (Å²) in [4.78, 5) is 13.8. The molecule has 1 rings (SSSR count). The molecule has 0 aliphatic rings. The molecular weight excluding hydrogens is 312 g/mol. The topological polar surface area (TPSA) is 56.0 Å². The zero-order chi connectivity index (χ0) is 10.9. The lowest BCUT2D eigenvalue weighted by Gasteiger charge is -2.07. The Bertz CT molecular complexity index is 383. The van der Waals surface area contributed by atoms with Crippen molar-refractivity contribution in [2.45, 2.75) is 6.43 Å². The minimum Gasteiger partial charge on any atom is -0.366 e. The number of aromatic nitrogens is 1. The van der Waals surface area contributed by atoms with E-state index in [1.54, 1.807) is 0 Å². The summed E-state index contributed by atoms with van der Waals surface area (Å²) in [6.07, 6.45) is -2.25. The lowest BCUT2D eigenvalue weighted by atomic mass is 10.1. The molecule has 76 valence electrons. The molecular formula is C7H4F3IN2O. The van der Waals surface area contributed by atoms with E-state index in [1.807, 2.05) is 0 Å². The molecule has 1 aromatic heterocycles. The van der Waals surface area contributed by atoms with Crippen molar-refractivity contribution < 1.29 is 18.0 Å². The number of halogens is 4. The van der Waals surface area contributed by atoms with E-state index in [2.05, 4.69) is 4.98 Å². The molecule has 1 amide bonds. The van der Waals surface area contributed by atoms with Gasteiger partial charge in [-0.2, -0.15) is 4.39 Å². The first-order valence-corrected chi connectivity index (χ1v) is 4.45. The molecule has 0 unspecified atom stereocenters. The molecule has 0 aromatic carbocycles. The maximum atomic E-state index is 12.8. The van der Waals surface area contributed by atoms with Crippen LogP contribution in [0.25, 0.3) is 0 Å². The largest absolute Gasteiger partial charge is 0.366 e. The van der Waals surface area contributed by atoms with E-state index in [-0.39, 0.29) is 3.57 Å². The van der Waals surface area contributed by atoms with Crippen LogP contribution in [0.4, 0.5) is 13.2 Å². The highest BCUT2D eigenvalue weighted by atomic mass is 127. The fraction of sp³-hybridized carbons (Fsp3) is 0.143. The monoisotopic (exact) mass is 316 g/mol. The molecule has 0 saturated heterocycles. The third-order valence-electron chi connectivity index (χ3n) is 1.50. The Morgan fingerprint density at radius 3 is 2.57 bits per heavy atom. The molecule has 1 aromatic rings. The van der Waals surface area contributed by atoms with Crippen molar-refractivity contribution in [1.29, 1.82) is 0 Å². The van der Waals surface area contributed by atoms with Gasteiger partial charge in [-0.15, -0.1) is 0 Å². The Balaban J connectivity index is 3.45. The number of nitrogens with zero attached hydrogens (tertiary/aromatic N) is 1. The van der Waals surface area contributed by atoms with Crippen molar-refractivity contribution in [3.8, 4) is 0 Å². The second kappa shape index (κ2) is 4.11. The van der Waals surface area contributed by atoms with Crippen LogP contribution in [0, 0.1) is 9.52 Å². The van der Waals surface area contributed by atoms with Crippen LogP contribution >= 0.6 is 22.6 Å². The number of primary amides is 1. The van der Waals surface area contributed by atoms with Gasteiger partial charge in [-0.05, 0) is 22.6 Å². The molecule has 0 aliphatic carbocycles. The number of carbonyl (C=O) groups excluding carboxylic acids is 1. The van der Waals surface area contributed by atoms with Crippen molar-refractivity contribution >= 4 is 28.5 Å². The summed E-state index contributed by atoms with van der Waals surface area (Å²) in [6, 6.07) is 0. The minimum atomic E-state index is -2.96. The normalized spacial score (nSPS) is 10.6. The van der Waals surface area contributed by atoms with Crippen molar-refractivity contribution in [1.82, 2.24) is 4.98 Å². The number of alkyl halides is 2. The van der Waals surface area contributed by atoms with E-state index < -0.39 is 29.4 Å². The number of nitrogens with two attached hydrogens (primary N) is 1. The molecule has 2 N–H and O–H groups in total. The molecule has 0 fully saturated rings. The summed E-state index contributed by atoms with van der Waals surface area (Å²) >= 11 is 1.35. The average molecular weight is 316 g/mol. The predicted molar refractivity (Wildman–Crippen MR) is 50.4 cm³/mol. The number of hydrogen-bond acceptors (Lipinski definition) is 2. The van der Waals surface area contributed by atoms with E-state index in [4.69, 9.17) is 5.73 Å². The van der Waals surface area contributed by atoms with Crippen LogP contribution in [0.15, 0.2) is 6.20 Å². The van der Waals surface area contributed by atoms with Crippen molar-refractivity contribution in [2.75, 3.05) is 0 Å². The first-order valence-electron chi connectivity index (χ1n) is 3.37. The third kappa shape index (κ3) is 1.97. The van der Waals surface area contributed by atoms with Gasteiger partial charge in [-0.3, -0.25) is 4.79 Å². The molecule has 0 bridgehead atoms. The fourth-order valence-corrected chi connectivity index (χ4v) is 1.55. The van der Waals surface area contributed by atoms with Crippen LogP contribution in [0.5, 0.6) is 0 Å². The van der Waals surface area contributed by atoms with E-state index >= 15 is 0 Å². The molecule has 3 nitrogen and oxygen atoms in total. The molecule has 1 heterocycles. The van der Waals surface area contributed by atoms with E-state index in [1.165, 1.54) is 22.6 Å². The van der Waals surface area contributed by atoms with Gasteiger partial charge >= 0.3 is 0 Å². The van der Waals surface area contributed by atoms with E-state index in [0.717, 1.165) is 0 Å². The SMILES string of the molecule is NC(=O)c1cnc(F)c(I)c1C(F)F. The van der Waals surface area contributed by atoms with E-state index in [9.17, 15) is 18.0 Å². The van der Waals surface area contributed by atoms with Gasteiger partial charge in [-0.25, -0.2) is 13.8 Å². The Labute approximate surface area is 90.6 Å². The molecule has 0 spiro atoms. The number of carbonyl (C=O) groups is 1. The Morgan fingerprint density at radius 1 is 1.57 bits per heavy atom. The van der Waals surface area contributed by atoms with Crippen LogP contribution in [-0.2, 0) is 0 Å². The number of rotatable bonds is 2. The van der Waals surface area contributed by atoms with Gasteiger partial charge in [0.15, 0.2) is 0 Å². The van der Waals surface area contributed by atoms with Crippen molar-refractivity contribution in [2.24, 2.45) is 5.73 Å². The Kier molecular flexibility index (Phi) is 3.29. The van der Waals surface area contributed by atoms with Crippen LogP contribution in [0.3, 0.4) is 0 Å². The van der Waals surface area contributed by atoms with Gasteiger partial charge < -0.3 is 5.73 Å². The fourth-order valence-electron chi connectivity index (χ4n) is 0.886. The van der Waals surface area contributed by atoms with E-state index in [0.29, 0.717) is 6.20 Å². The van der Waals surface area contributed by atoms with Gasteiger partial charge in [0.05, 0.1) is 9.13 Å². The number of amides is 1. The Hall–Kier alpha value is -0.860. The second-order valence-corrected chi connectivity index (χ2v) is 3.43. The molecule has 0 aliphatic heterocycles.